The summed E-state index contributed by atoms with van der Waals surface area (Å²) in [5.74, 6) is 0.765. The first kappa shape index (κ1) is 12.5. The molecule has 0 aliphatic heterocycles. The Hall–Kier alpha value is -1.55. The lowest BCUT2D eigenvalue weighted by molar-refractivity contribution is 0.0208. The molecule has 0 spiro atoms. The summed E-state index contributed by atoms with van der Waals surface area (Å²) in [5, 5.41) is 0. The molecular weight excluding hydrogens is 206 g/mol. The van der Waals surface area contributed by atoms with Crippen molar-refractivity contribution in [2.45, 2.75) is 13.8 Å². The molecule has 0 radical (unpaired) electrons. The van der Waals surface area contributed by atoms with Crippen LogP contribution in [-0.4, -0.2) is 19.6 Å². The molecule has 0 saturated carbocycles. The molecule has 0 aliphatic carbocycles. The van der Waals surface area contributed by atoms with E-state index in [1.54, 1.807) is 31.4 Å². The van der Waals surface area contributed by atoms with Crippen LogP contribution in [0.4, 0.5) is 0 Å². The molecule has 4 heteroatoms. The predicted molar refractivity (Wildman–Crippen MR) is 61.3 cm³/mol. The summed E-state index contributed by atoms with van der Waals surface area (Å²) in [6.45, 7) is 4.52. The molecule has 0 unspecified atom stereocenters. The summed E-state index contributed by atoms with van der Waals surface area (Å²) in [6.07, 6.45) is 0. The predicted octanol–water partition coefficient (Wildman–Crippen LogP) is 2.01. The molecule has 0 aromatic heterocycles. The van der Waals surface area contributed by atoms with Crippen molar-refractivity contribution >= 4 is 5.91 Å². The highest BCUT2D eigenvalue weighted by molar-refractivity contribution is 5.93. The highest BCUT2D eigenvalue weighted by Crippen LogP contribution is 2.12. The van der Waals surface area contributed by atoms with E-state index in [0.29, 0.717) is 23.8 Å². The monoisotopic (exact) mass is 223 g/mol. The van der Waals surface area contributed by atoms with E-state index in [4.69, 9.17) is 9.57 Å². The van der Waals surface area contributed by atoms with Gasteiger partial charge in [0.2, 0.25) is 0 Å². The van der Waals surface area contributed by atoms with Crippen LogP contribution in [0.15, 0.2) is 24.3 Å². The first-order valence-corrected chi connectivity index (χ1v) is 5.19. The maximum Gasteiger partial charge on any atom is 0.274 e. The highest BCUT2D eigenvalue weighted by atomic mass is 16.6. The fourth-order valence-electron chi connectivity index (χ4n) is 1.10. The van der Waals surface area contributed by atoms with Crippen LogP contribution in [0.1, 0.15) is 24.2 Å². The van der Waals surface area contributed by atoms with Crippen molar-refractivity contribution in [1.82, 2.24) is 5.48 Å². The van der Waals surface area contributed by atoms with Crippen LogP contribution in [0.3, 0.4) is 0 Å². The summed E-state index contributed by atoms with van der Waals surface area (Å²) >= 11 is 0. The number of ether oxygens (including phenoxy) is 1. The number of nitrogens with one attached hydrogen (secondary N) is 1. The van der Waals surface area contributed by atoms with Crippen molar-refractivity contribution in [2.24, 2.45) is 5.92 Å². The van der Waals surface area contributed by atoms with E-state index in [2.05, 4.69) is 5.48 Å². The quantitative estimate of drug-likeness (QED) is 0.777. The van der Waals surface area contributed by atoms with Crippen molar-refractivity contribution in [3.63, 3.8) is 0 Å². The molecule has 1 aromatic carbocycles. The van der Waals surface area contributed by atoms with Crippen molar-refractivity contribution in [1.29, 1.82) is 0 Å². The third kappa shape index (κ3) is 3.90. The van der Waals surface area contributed by atoms with Gasteiger partial charge in [0.25, 0.3) is 5.91 Å². The average Bonchev–Trinajstić information content (AvgIpc) is 2.28. The smallest absolute Gasteiger partial charge is 0.274 e. The molecule has 0 aliphatic rings. The maximum atomic E-state index is 11.6. The van der Waals surface area contributed by atoms with E-state index in [0.717, 1.165) is 0 Å². The number of hydrogen-bond donors (Lipinski definition) is 1. The van der Waals surface area contributed by atoms with Crippen LogP contribution >= 0.6 is 0 Å². The molecule has 1 amide bonds. The number of amides is 1. The van der Waals surface area contributed by atoms with Crippen LogP contribution in [-0.2, 0) is 4.84 Å². The normalized spacial score (nSPS) is 10.2. The van der Waals surface area contributed by atoms with Crippen LogP contribution in [0.5, 0.6) is 5.75 Å². The standard InChI is InChI=1S/C12H17NO3/c1-9(2)8-16-13-12(14)10-5-4-6-11(7-10)15-3/h4-7,9H,8H2,1-3H3,(H,13,14). The fraction of sp³-hybridized carbons (Fsp3) is 0.417. The zero-order valence-electron chi connectivity index (χ0n) is 9.82. The first-order chi connectivity index (χ1) is 7.63. The summed E-state index contributed by atoms with van der Waals surface area (Å²) in [7, 11) is 1.56. The number of carbonyl (C=O) groups is 1. The van der Waals surface area contributed by atoms with Gasteiger partial charge in [0.05, 0.1) is 13.7 Å². The van der Waals surface area contributed by atoms with E-state index in [-0.39, 0.29) is 5.91 Å². The van der Waals surface area contributed by atoms with Crippen LogP contribution < -0.4 is 10.2 Å². The van der Waals surface area contributed by atoms with Gasteiger partial charge in [0, 0.05) is 5.56 Å². The van der Waals surface area contributed by atoms with E-state index >= 15 is 0 Å². The number of hydrogen-bond acceptors (Lipinski definition) is 3. The Balaban J connectivity index is 2.52. The molecule has 1 aromatic rings. The first-order valence-electron chi connectivity index (χ1n) is 5.19. The average molecular weight is 223 g/mol. The topological polar surface area (TPSA) is 47.6 Å². The molecule has 0 atom stereocenters. The van der Waals surface area contributed by atoms with Gasteiger partial charge in [0.15, 0.2) is 0 Å². The van der Waals surface area contributed by atoms with Gasteiger partial charge < -0.3 is 4.74 Å². The van der Waals surface area contributed by atoms with Gasteiger partial charge in [-0.25, -0.2) is 5.48 Å². The van der Waals surface area contributed by atoms with Crippen LogP contribution in [0, 0.1) is 5.92 Å². The molecule has 0 bridgehead atoms. The maximum absolute atomic E-state index is 11.6. The fourth-order valence-corrected chi connectivity index (χ4v) is 1.10. The zero-order chi connectivity index (χ0) is 12.0. The Morgan fingerprint density at radius 3 is 2.81 bits per heavy atom. The lowest BCUT2D eigenvalue weighted by atomic mass is 10.2. The number of hydroxylamine groups is 1. The van der Waals surface area contributed by atoms with E-state index in [1.807, 2.05) is 13.8 Å². The summed E-state index contributed by atoms with van der Waals surface area (Å²) in [4.78, 5) is 16.6. The highest BCUT2D eigenvalue weighted by Gasteiger charge is 2.06. The number of benzene rings is 1. The Morgan fingerprint density at radius 1 is 1.44 bits per heavy atom. The summed E-state index contributed by atoms with van der Waals surface area (Å²) < 4.78 is 5.03. The van der Waals surface area contributed by atoms with Crippen molar-refractivity contribution in [3.8, 4) is 5.75 Å². The molecule has 88 valence electrons. The Labute approximate surface area is 95.5 Å². The van der Waals surface area contributed by atoms with Crippen molar-refractivity contribution in [3.05, 3.63) is 29.8 Å². The number of rotatable bonds is 5. The van der Waals surface area contributed by atoms with Gasteiger partial charge in [0.1, 0.15) is 5.75 Å². The van der Waals surface area contributed by atoms with Crippen LogP contribution in [0.2, 0.25) is 0 Å². The number of methoxy groups -OCH3 is 1. The second kappa shape index (κ2) is 6.12. The molecule has 1 N–H and O–H groups in total. The molecule has 0 heterocycles. The van der Waals surface area contributed by atoms with Crippen molar-refractivity contribution < 1.29 is 14.4 Å². The van der Waals surface area contributed by atoms with Gasteiger partial charge in [-0.2, -0.15) is 0 Å². The van der Waals surface area contributed by atoms with E-state index in [1.165, 1.54) is 0 Å². The molecular formula is C12H17NO3. The minimum atomic E-state index is -0.264. The van der Waals surface area contributed by atoms with Crippen molar-refractivity contribution in [2.75, 3.05) is 13.7 Å². The summed E-state index contributed by atoms with van der Waals surface area (Å²) in [6, 6.07) is 6.91. The Morgan fingerprint density at radius 2 is 2.19 bits per heavy atom. The third-order valence-corrected chi connectivity index (χ3v) is 1.91. The molecule has 16 heavy (non-hydrogen) atoms. The second-order valence-electron chi connectivity index (χ2n) is 3.87. The van der Waals surface area contributed by atoms with Gasteiger partial charge in [-0.1, -0.05) is 19.9 Å². The minimum Gasteiger partial charge on any atom is -0.497 e. The number of carbonyl (C=O) groups excluding carboxylic acids is 1. The summed E-state index contributed by atoms with van der Waals surface area (Å²) in [5.41, 5.74) is 2.90. The lowest BCUT2D eigenvalue weighted by Gasteiger charge is -2.08. The minimum absolute atomic E-state index is 0.264. The SMILES string of the molecule is COc1cccc(C(=O)NOCC(C)C)c1. The zero-order valence-corrected chi connectivity index (χ0v) is 9.82. The third-order valence-electron chi connectivity index (χ3n) is 1.91. The van der Waals surface area contributed by atoms with Gasteiger partial charge in [-0.3, -0.25) is 9.63 Å². The second-order valence-corrected chi connectivity index (χ2v) is 3.87. The van der Waals surface area contributed by atoms with Gasteiger partial charge in [-0.15, -0.1) is 0 Å². The van der Waals surface area contributed by atoms with Gasteiger partial charge in [-0.05, 0) is 24.1 Å². The molecule has 4 nitrogen and oxygen atoms in total. The van der Waals surface area contributed by atoms with E-state index < -0.39 is 0 Å². The molecule has 0 fully saturated rings. The Kier molecular flexibility index (Phi) is 4.79. The molecule has 1 rings (SSSR count). The lowest BCUT2D eigenvalue weighted by Crippen LogP contribution is -2.25. The Bertz CT molecular complexity index is 350. The van der Waals surface area contributed by atoms with Gasteiger partial charge >= 0.3 is 0 Å². The largest absolute Gasteiger partial charge is 0.497 e. The molecule has 0 saturated heterocycles. The van der Waals surface area contributed by atoms with Crippen LogP contribution in [0.25, 0.3) is 0 Å². The van der Waals surface area contributed by atoms with E-state index in [9.17, 15) is 4.79 Å².